The quantitative estimate of drug-likeness (QED) is 0.783. The fraction of sp³-hybridized carbons (Fsp3) is 0.619. The summed E-state index contributed by atoms with van der Waals surface area (Å²) in [5, 5.41) is 2.70. The Morgan fingerprint density at radius 1 is 1.17 bits per heavy atom. The third-order valence-electron chi connectivity index (χ3n) is 6.36. The van der Waals surface area contributed by atoms with Gasteiger partial charge in [-0.3, -0.25) is 9.59 Å². The van der Waals surface area contributed by atoms with Gasteiger partial charge in [-0.25, -0.2) is 8.42 Å². The summed E-state index contributed by atoms with van der Waals surface area (Å²) in [5.74, 6) is 0.509. The molecular weight excluding hydrogens is 406 g/mol. The third-order valence-corrected chi connectivity index (χ3v) is 8.36. The van der Waals surface area contributed by atoms with E-state index in [9.17, 15) is 18.0 Å². The predicted molar refractivity (Wildman–Crippen MR) is 112 cm³/mol. The normalized spacial score (nSPS) is 23.5. The topological polar surface area (TPSA) is 96.0 Å². The van der Waals surface area contributed by atoms with Gasteiger partial charge in [-0.05, 0) is 50.2 Å². The van der Waals surface area contributed by atoms with Gasteiger partial charge >= 0.3 is 0 Å². The second-order valence-corrected chi connectivity index (χ2v) is 10.6. The monoisotopic (exact) mass is 435 g/mol. The lowest BCUT2D eigenvalue weighted by Gasteiger charge is -2.37. The number of aryl methyl sites for hydroxylation is 1. The van der Waals surface area contributed by atoms with Crippen LogP contribution in [0.5, 0.6) is 5.75 Å². The third kappa shape index (κ3) is 4.05. The van der Waals surface area contributed by atoms with Crippen LogP contribution in [0.3, 0.4) is 0 Å². The molecule has 164 valence electrons. The number of piperidine rings is 2. The van der Waals surface area contributed by atoms with Crippen molar-refractivity contribution in [3.63, 3.8) is 0 Å². The fourth-order valence-corrected chi connectivity index (χ4v) is 6.23. The van der Waals surface area contributed by atoms with Crippen LogP contribution in [0.4, 0.5) is 5.69 Å². The van der Waals surface area contributed by atoms with E-state index in [0.29, 0.717) is 35.9 Å². The number of sulfonamides is 1. The molecule has 2 amide bonds. The van der Waals surface area contributed by atoms with Crippen molar-refractivity contribution in [2.24, 2.45) is 11.8 Å². The first-order chi connectivity index (χ1) is 14.3. The van der Waals surface area contributed by atoms with Gasteiger partial charge in [-0.1, -0.05) is 6.92 Å². The Morgan fingerprint density at radius 3 is 2.63 bits per heavy atom. The van der Waals surface area contributed by atoms with Crippen molar-refractivity contribution in [2.45, 2.75) is 44.4 Å². The smallest absolute Gasteiger partial charge is 0.262 e. The lowest BCUT2D eigenvalue weighted by molar-refractivity contribution is -0.138. The zero-order valence-electron chi connectivity index (χ0n) is 17.5. The number of likely N-dealkylation sites (tertiary alicyclic amines) is 1. The van der Waals surface area contributed by atoms with E-state index in [1.165, 1.54) is 10.4 Å². The van der Waals surface area contributed by atoms with E-state index in [4.69, 9.17) is 4.74 Å². The number of nitrogens with zero attached hydrogens (tertiary/aromatic N) is 2. The van der Waals surface area contributed by atoms with Crippen LogP contribution in [0.15, 0.2) is 17.0 Å². The van der Waals surface area contributed by atoms with Gasteiger partial charge < -0.3 is 15.0 Å². The first-order valence-corrected chi connectivity index (χ1v) is 12.1. The van der Waals surface area contributed by atoms with E-state index >= 15 is 0 Å². The van der Waals surface area contributed by atoms with E-state index < -0.39 is 10.0 Å². The van der Waals surface area contributed by atoms with E-state index in [0.717, 1.165) is 32.4 Å². The lowest BCUT2D eigenvalue weighted by Crippen LogP contribution is -2.48. The van der Waals surface area contributed by atoms with Crippen molar-refractivity contribution in [3.8, 4) is 5.75 Å². The molecule has 0 unspecified atom stereocenters. The average molecular weight is 436 g/mol. The zero-order valence-corrected chi connectivity index (χ0v) is 18.3. The van der Waals surface area contributed by atoms with Gasteiger partial charge in [0.15, 0.2) is 6.61 Å². The predicted octanol–water partition coefficient (Wildman–Crippen LogP) is 1.99. The minimum absolute atomic E-state index is 0.0787. The number of hydrogen-bond donors (Lipinski definition) is 1. The van der Waals surface area contributed by atoms with Gasteiger partial charge in [-0.2, -0.15) is 4.31 Å². The number of nitrogens with one attached hydrogen (secondary N) is 1. The van der Waals surface area contributed by atoms with E-state index in [1.807, 2.05) is 4.90 Å². The van der Waals surface area contributed by atoms with Gasteiger partial charge in [0.25, 0.3) is 5.91 Å². The summed E-state index contributed by atoms with van der Waals surface area (Å²) >= 11 is 0. The molecule has 1 atom stereocenters. The van der Waals surface area contributed by atoms with Crippen LogP contribution in [-0.2, 0) is 19.6 Å². The van der Waals surface area contributed by atoms with Crippen LogP contribution in [0.25, 0.3) is 0 Å². The average Bonchev–Trinajstić information content (AvgIpc) is 2.73. The Hall–Kier alpha value is -2.13. The van der Waals surface area contributed by atoms with Crippen LogP contribution in [0, 0.1) is 18.8 Å². The first kappa shape index (κ1) is 21.1. The summed E-state index contributed by atoms with van der Waals surface area (Å²) in [4.78, 5) is 26.6. The summed E-state index contributed by atoms with van der Waals surface area (Å²) in [7, 11) is -3.78. The maximum absolute atomic E-state index is 13.4. The van der Waals surface area contributed by atoms with Gasteiger partial charge in [0, 0.05) is 32.2 Å². The molecule has 0 aromatic heterocycles. The van der Waals surface area contributed by atoms with E-state index in [2.05, 4.69) is 12.2 Å². The first-order valence-electron chi connectivity index (χ1n) is 10.6. The molecule has 0 saturated carbocycles. The molecule has 3 aliphatic rings. The number of benzene rings is 1. The molecule has 1 aromatic rings. The molecule has 0 radical (unpaired) electrons. The van der Waals surface area contributed by atoms with Crippen molar-refractivity contribution in [3.05, 3.63) is 17.7 Å². The van der Waals surface area contributed by atoms with Crippen LogP contribution >= 0.6 is 0 Å². The minimum Gasteiger partial charge on any atom is -0.482 e. The Balaban J connectivity index is 1.53. The second-order valence-electron chi connectivity index (χ2n) is 8.66. The Morgan fingerprint density at radius 2 is 1.90 bits per heavy atom. The molecule has 0 spiro atoms. The van der Waals surface area contributed by atoms with Crippen molar-refractivity contribution < 1.29 is 22.7 Å². The van der Waals surface area contributed by atoms with E-state index in [-0.39, 0.29) is 35.8 Å². The fourth-order valence-electron chi connectivity index (χ4n) is 4.48. The van der Waals surface area contributed by atoms with Crippen molar-refractivity contribution in [1.82, 2.24) is 9.21 Å². The van der Waals surface area contributed by atoms with Gasteiger partial charge in [0.1, 0.15) is 5.75 Å². The maximum atomic E-state index is 13.4. The molecule has 30 heavy (non-hydrogen) atoms. The molecule has 1 aromatic carbocycles. The van der Waals surface area contributed by atoms with Crippen LogP contribution in [0.1, 0.15) is 38.2 Å². The number of rotatable bonds is 3. The number of hydrogen-bond acceptors (Lipinski definition) is 5. The van der Waals surface area contributed by atoms with Crippen LogP contribution < -0.4 is 10.1 Å². The summed E-state index contributed by atoms with van der Waals surface area (Å²) in [5.41, 5.74) is 1.02. The van der Waals surface area contributed by atoms with Crippen molar-refractivity contribution in [1.29, 1.82) is 0 Å². The number of amides is 2. The molecular formula is C21H29N3O5S. The van der Waals surface area contributed by atoms with Crippen molar-refractivity contribution in [2.75, 3.05) is 38.1 Å². The highest BCUT2D eigenvalue weighted by molar-refractivity contribution is 7.89. The summed E-state index contributed by atoms with van der Waals surface area (Å²) in [6, 6.07) is 3.11. The molecule has 2 saturated heterocycles. The number of anilines is 1. The van der Waals surface area contributed by atoms with Crippen molar-refractivity contribution >= 4 is 27.5 Å². The number of ether oxygens (including phenoxy) is 1. The number of carbonyl (C=O) groups is 2. The van der Waals surface area contributed by atoms with Gasteiger partial charge in [0.05, 0.1) is 16.5 Å². The molecule has 1 N–H and O–H groups in total. The SMILES string of the molecule is Cc1cc2c(cc1S(=O)(=O)N1CCC[C@@H](C(=O)N3CCC(C)CC3)C1)OCC(=O)N2. The Labute approximate surface area is 177 Å². The molecule has 2 fully saturated rings. The molecule has 9 heteroatoms. The zero-order chi connectivity index (χ0) is 21.5. The molecule has 0 aliphatic carbocycles. The largest absolute Gasteiger partial charge is 0.482 e. The molecule has 4 rings (SSSR count). The lowest BCUT2D eigenvalue weighted by atomic mass is 9.94. The molecule has 0 bridgehead atoms. The molecule has 3 heterocycles. The standard InChI is InChI=1S/C21H29N3O5S/c1-14-5-8-23(9-6-14)21(26)16-4-3-7-24(12-16)30(27,28)19-11-18-17(10-15(19)2)22-20(25)13-29-18/h10-11,14,16H,3-9,12-13H2,1-2H3,(H,22,25)/t16-/m1/s1. The maximum Gasteiger partial charge on any atom is 0.262 e. The van der Waals surface area contributed by atoms with Gasteiger partial charge in [-0.15, -0.1) is 0 Å². The van der Waals surface area contributed by atoms with Crippen LogP contribution in [0.2, 0.25) is 0 Å². The molecule has 3 aliphatic heterocycles. The number of carbonyl (C=O) groups excluding carboxylic acids is 2. The highest BCUT2D eigenvalue weighted by Crippen LogP contribution is 2.35. The molecule has 8 nitrogen and oxygen atoms in total. The second kappa shape index (κ2) is 8.19. The Kier molecular flexibility index (Phi) is 5.76. The van der Waals surface area contributed by atoms with Crippen LogP contribution in [-0.4, -0.2) is 62.2 Å². The number of fused-ring (bicyclic) bond motifs is 1. The Bertz CT molecular complexity index is 954. The summed E-state index contributed by atoms with van der Waals surface area (Å²) in [6.07, 6.45) is 3.39. The van der Waals surface area contributed by atoms with E-state index in [1.54, 1.807) is 13.0 Å². The van der Waals surface area contributed by atoms with Gasteiger partial charge in [0.2, 0.25) is 15.9 Å². The minimum atomic E-state index is -3.78. The summed E-state index contributed by atoms with van der Waals surface area (Å²) in [6.45, 7) is 5.90. The highest BCUT2D eigenvalue weighted by atomic mass is 32.2. The highest BCUT2D eigenvalue weighted by Gasteiger charge is 2.37. The summed E-state index contributed by atoms with van der Waals surface area (Å²) < 4.78 is 33.6.